The Hall–Kier alpha value is -0.180. The van der Waals surface area contributed by atoms with Gasteiger partial charge in [-0.05, 0) is 30.6 Å². The van der Waals surface area contributed by atoms with Gasteiger partial charge in [0.15, 0.2) is 0 Å². The van der Waals surface area contributed by atoms with E-state index in [9.17, 15) is 13.0 Å². The molecule has 116 valence electrons. The summed E-state index contributed by atoms with van der Waals surface area (Å²) in [5, 5.41) is 7.58. The zero-order valence-corrected chi connectivity index (χ0v) is 14.6. The van der Waals surface area contributed by atoms with Crippen LogP contribution in [0.4, 0.5) is 0 Å². The number of rotatable bonds is 9. The van der Waals surface area contributed by atoms with Crippen LogP contribution >= 0.6 is 11.3 Å². The van der Waals surface area contributed by atoms with E-state index in [1.54, 1.807) is 0 Å². The molecule has 0 saturated heterocycles. The Morgan fingerprint density at radius 1 is 1.25 bits per heavy atom. The summed E-state index contributed by atoms with van der Waals surface area (Å²) in [6.45, 7) is 5.96. The van der Waals surface area contributed by atoms with E-state index < -0.39 is 21.0 Å². The third kappa shape index (κ3) is 4.68. The predicted octanol–water partition coefficient (Wildman–Crippen LogP) is 2.80. The summed E-state index contributed by atoms with van der Waals surface area (Å²) in [5.74, 6) is 0.0803. The molecule has 2 atom stereocenters. The fourth-order valence-corrected chi connectivity index (χ4v) is 6.36. The molecule has 0 saturated carbocycles. The molecule has 0 aliphatic rings. The maximum absolute atomic E-state index is 12.3. The second-order valence-electron chi connectivity index (χ2n) is 4.62. The first kappa shape index (κ1) is 17.9. The maximum Gasteiger partial charge on any atom is 0.323 e. The van der Waals surface area contributed by atoms with E-state index in [1.165, 1.54) is 0 Å². The van der Waals surface area contributed by atoms with Crippen LogP contribution in [0.5, 0.6) is 0 Å². The number of sulfone groups is 1. The molecule has 0 fully saturated rings. The second kappa shape index (κ2) is 8.31. The number of nitrogens with zero attached hydrogens (tertiary/aromatic N) is 2. The standard InChI is InChI=1S/C12H22N2O3S3/c1-4-7-9-20(16,17)12-14-13-11(18-12)19(15)10(6-3)8-5-2/h10H,4-9H2,1-3H3. The molecule has 0 radical (unpaired) electrons. The van der Waals surface area contributed by atoms with Crippen LogP contribution in [-0.4, -0.2) is 34.2 Å². The van der Waals surface area contributed by atoms with Crippen LogP contribution in [0.1, 0.15) is 52.9 Å². The summed E-state index contributed by atoms with van der Waals surface area (Å²) in [4.78, 5) is 0. The average Bonchev–Trinajstić information content (AvgIpc) is 2.92. The number of aromatic nitrogens is 2. The van der Waals surface area contributed by atoms with Crippen molar-refractivity contribution in [2.24, 2.45) is 0 Å². The molecule has 1 rings (SSSR count). The fourth-order valence-electron chi connectivity index (χ4n) is 1.75. The third-order valence-corrected chi connectivity index (χ3v) is 8.27. The van der Waals surface area contributed by atoms with Crippen LogP contribution in [0.25, 0.3) is 0 Å². The van der Waals surface area contributed by atoms with Crippen molar-refractivity contribution in [1.82, 2.24) is 10.2 Å². The molecule has 2 unspecified atom stereocenters. The molecule has 8 heteroatoms. The molecule has 1 heterocycles. The number of unbranched alkanes of at least 4 members (excludes halogenated alkanes) is 1. The van der Waals surface area contributed by atoms with Crippen molar-refractivity contribution >= 4 is 32.3 Å². The Balaban J connectivity index is 2.86. The zero-order valence-electron chi connectivity index (χ0n) is 12.2. The Kier molecular flexibility index (Phi) is 7.42. The lowest BCUT2D eigenvalue weighted by Crippen LogP contribution is -2.20. The minimum absolute atomic E-state index is 0.000603. The third-order valence-electron chi connectivity index (χ3n) is 2.96. The highest BCUT2D eigenvalue weighted by molar-refractivity contribution is 7.96. The topological polar surface area (TPSA) is 83.0 Å². The first-order valence-electron chi connectivity index (χ1n) is 6.93. The van der Waals surface area contributed by atoms with Crippen molar-refractivity contribution in [2.75, 3.05) is 5.75 Å². The van der Waals surface area contributed by atoms with Gasteiger partial charge in [0.05, 0.1) is 5.75 Å². The first-order chi connectivity index (χ1) is 9.46. The molecule has 0 aromatic carbocycles. The molecule has 1 aromatic heterocycles. The summed E-state index contributed by atoms with van der Waals surface area (Å²) >= 11 is -0.303. The van der Waals surface area contributed by atoms with Crippen molar-refractivity contribution in [3.63, 3.8) is 0 Å². The minimum Gasteiger partial charge on any atom is -0.609 e. The van der Waals surface area contributed by atoms with Gasteiger partial charge in [-0.3, -0.25) is 0 Å². The average molecular weight is 339 g/mol. The normalized spacial score (nSPS) is 15.2. The lowest BCUT2D eigenvalue weighted by molar-refractivity contribution is 0.560. The highest BCUT2D eigenvalue weighted by Gasteiger charge is 2.29. The lowest BCUT2D eigenvalue weighted by Gasteiger charge is -2.16. The van der Waals surface area contributed by atoms with Crippen molar-refractivity contribution in [2.45, 2.75) is 66.8 Å². The van der Waals surface area contributed by atoms with Gasteiger partial charge in [-0.2, -0.15) is 0 Å². The van der Waals surface area contributed by atoms with Crippen molar-refractivity contribution < 1.29 is 13.0 Å². The Labute approximate surface area is 128 Å². The van der Waals surface area contributed by atoms with Crippen LogP contribution < -0.4 is 0 Å². The minimum atomic E-state index is -3.37. The quantitative estimate of drug-likeness (QED) is 0.647. The monoisotopic (exact) mass is 338 g/mol. The lowest BCUT2D eigenvalue weighted by atomic mass is 10.2. The van der Waals surface area contributed by atoms with E-state index in [4.69, 9.17) is 0 Å². The molecule has 0 aliphatic heterocycles. The highest BCUT2D eigenvalue weighted by Crippen LogP contribution is 2.27. The zero-order chi connectivity index (χ0) is 15.2. The SMILES string of the molecule is CCCCS(=O)(=O)c1nnc([S+]([O-])C(CC)CCC)s1. The van der Waals surface area contributed by atoms with Crippen LogP contribution in [-0.2, 0) is 21.0 Å². The van der Waals surface area contributed by atoms with E-state index in [2.05, 4.69) is 10.2 Å². The molecule has 20 heavy (non-hydrogen) atoms. The van der Waals surface area contributed by atoms with Crippen molar-refractivity contribution in [3.05, 3.63) is 0 Å². The maximum atomic E-state index is 12.3. The van der Waals surface area contributed by atoms with Gasteiger partial charge in [0.2, 0.25) is 14.2 Å². The fraction of sp³-hybridized carbons (Fsp3) is 0.833. The molecule has 0 spiro atoms. The Morgan fingerprint density at radius 3 is 2.50 bits per heavy atom. The molecular weight excluding hydrogens is 316 g/mol. The number of hydrogen-bond donors (Lipinski definition) is 0. The smallest absolute Gasteiger partial charge is 0.323 e. The summed E-state index contributed by atoms with van der Waals surface area (Å²) < 4.78 is 36.7. The van der Waals surface area contributed by atoms with Crippen LogP contribution in [0, 0.1) is 0 Å². The first-order valence-corrected chi connectivity index (χ1v) is 10.6. The Bertz CT molecular complexity index is 502. The molecule has 0 amide bonds. The molecule has 0 aliphatic carbocycles. The Morgan fingerprint density at radius 2 is 1.95 bits per heavy atom. The van der Waals surface area contributed by atoms with Crippen LogP contribution in [0.2, 0.25) is 0 Å². The molecule has 5 nitrogen and oxygen atoms in total. The molecule has 0 bridgehead atoms. The summed E-state index contributed by atoms with van der Waals surface area (Å²) in [5.41, 5.74) is 0. The highest BCUT2D eigenvalue weighted by atomic mass is 32.3. The van der Waals surface area contributed by atoms with E-state index in [1.807, 2.05) is 20.8 Å². The van der Waals surface area contributed by atoms with Gasteiger partial charge in [0.25, 0.3) is 0 Å². The van der Waals surface area contributed by atoms with Crippen molar-refractivity contribution in [1.29, 1.82) is 0 Å². The summed E-state index contributed by atoms with van der Waals surface area (Å²) in [6.07, 6.45) is 4.00. The second-order valence-corrected chi connectivity index (χ2v) is 9.79. The number of hydrogen-bond acceptors (Lipinski definition) is 6. The largest absolute Gasteiger partial charge is 0.609 e. The van der Waals surface area contributed by atoms with E-state index >= 15 is 0 Å². The van der Waals surface area contributed by atoms with Gasteiger partial charge in [-0.1, -0.05) is 38.7 Å². The predicted molar refractivity (Wildman–Crippen MR) is 82.3 cm³/mol. The van der Waals surface area contributed by atoms with Gasteiger partial charge in [-0.25, -0.2) is 8.42 Å². The summed E-state index contributed by atoms with van der Waals surface area (Å²) in [7, 11) is -3.37. The molecule has 1 aromatic rings. The van der Waals surface area contributed by atoms with Crippen LogP contribution in [0.3, 0.4) is 0 Å². The van der Waals surface area contributed by atoms with Crippen LogP contribution in [0.15, 0.2) is 8.68 Å². The van der Waals surface area contributed by atoms with Gasteiger partial charge in [-0.15, -0.1) is 5.10 Å². The van der Waals surface area contributed by atoms with E-state index in [-0.39, 0.29) is 15.3 Å². The molecular formula is C12H22N2O3S3. The molecule has 0 N–H and O–H groups in total. The summed E-state index contributed by atoms with van der Waals surface area (Å²) in [6, 6.07) is 0. The van der Waals surface area contributed by atoms with Gasteiger partial charge >= 0.3 is 4.34 Å². The van der Waals surface area contributed by atoms with Crippen molar-refractivity contribution in [3.8, 4) is 0 Å². The van der Waals surface area contributed by atoms with E-state index in [0.717, 1.165) is 37.0 Å². The van der Waals surface area contributed by atoms with Gasteiger partial charge in [0.1, 0.15) is 5.25 Å². The van der Waals surface area contributed by atoms with Gasteiger partial charge < -0.3 is 4.55 Å². The van der Waals surface area contributed by atoms with Gasteiger partial charge in [0, 0.05) is 11.2 Å². The van der Waals surface area contributed by atoms with E-state index in [0.29, 0.717) is 10.8 Å².